The van der Waals surface area contributed by atoms with E-state index >= 15 is 0 Å². The van der Waals surface area contributed by atoms with E-state index < -0.39 is 7.94 Å². The van der Waals surface area contributed by atoms with Gasteiger partial charge in [-0.3, -0.25) is 0 Å². The van der Waals surface area contributed by atoms with Gasteiger partial charge in [0.15, 0.2) is 0 Å². The van der Waals surface area contributed by atoms with Gasteiger partial charge in [0.25, 0.3) is 0 Å². The van der Waals surface area contributed by atoms with Crippen LogP contribution in [0.5, 0.6) is 0 Å². The van der Waals surface area contributed by atoms with Crippen molar-refractivity contribution >= 4 is 7.94 Å². The molecule has 3 nitrogen and oxygen atoms in total. The number of hydrogen-bond acceptors (Lipinski definition) is 3. The molecule has 0 aromatic rings. The largest absolute Gasteiger partial charge is 2.00 e. The molecule has 0 saturated carbocycles. The molecule has 0 aliphatic carbocycles. The van der Waals surface area contributed by atoms with Crippen molar-refractivity contribution in [1.29, 1.82) is 0 Å². The molecule has 0 fully saturated rings. The Morgan fingerprint density at radius 1 is 0.917 bits per heavy atom. The van der Waals surface area contributed by atoms with Crippen LogP contribution in [0, 0.1) is 0 Å². The second kappa shape index (κ2) is 8.53. The van der Waals surface area contributed by atoms with Crippen LogP contribution in [0.3, 0.4) is 0 Å². The Bertz CT molecular complexity index is 95.1. The molecule has 0 aliphatic rings. The maximum absolute atomic E-state index is 10.1. The molecular formula is C7H15O3PZn. The molecule has 0 heterocycles. The van der Waals surface area contributed by atoms with E-state index in [0.717, 1.165) is 25.7 Å². The fourth-order valence-electron chi connectivity index (χ4n) is 0.909. The third kappa shape index (κ3) is 13.5. The molecule has 5 heteroatoms. The Morgan fingerprint density at radius 3 is 1.83 bits per heavy atom. The van der Waals surface area contributed by atoms with Crippen molar-refractivity contribution in [2.75, 3.05) is 6.16 Å². The van der Waals surface area contributed by atoms with Crippen LogP contribution in [0.4, 0.5) is 0 Å². The summed E-state index contributed by atoms with van der Waals surface area (Å²) in [4.78, 5) is 30.4. The van der Waals surface area contributed by atoms with Crippen LogP contribution in [0.15, 0.2) is 0 Å². The summed E-state index contributed by atoms with van der Waals surface area (Å²) in [6.45, 7) is 2.09. The van der Waals surface area contributed by atoms with E-state index in [2.05, 4.69) is 6.92 Å². The molecule has 0 rings (SSSR count). The fourth-order valence-corrected chi connectivity index (χ4v) is 1.52. The Labute approximate surface area is 87.5 Å². The Morgan fingerprint density at radius 2 is 1.42 bits per heavy atom. The van der Waals surface area contributed by atoms with Gasteiger partial charge in [-0.05, 0) is 12.8 Å². The van der Waals surface area contributed by atoms with E-state index in [1.165, 1.54) is 0 Å². The first kappa shape index (κ1) is 15.4. The molecule has 0 unspecified atom stereocenters. The standard InChI is InChI=1S/C7H17O3P.Zn/c1-2-3-4-5-6-7-11(8,9)10;/h2-7H2,1H3,(H2,8,9,10);/q;+2/p-2. The molecule has 0 saturated heterocycles. The monoisotopic (exact) mass is 242 g/mol. The summed E-state index contributed by atoms with van der Waals surface area (Å²) < 4.78 is 0. The zero-order valence-corrected chi connectivity index (χ0v) is 11.5. The molecule has 68 valence electrons. The SMILES string of the molecule is CCCCCCC[P+]([O-])([O-])[O-].[Zn+2]. The number of unbranched alkanes of at least 4 members (excludes halogenated alkanes) is 4. The molecule has 0 bridgehead atoms. The Balaban J connectivity index is 0. The minimum atomic E-state index is -4.21. The molecule has 0 radical (unpaired) electrons. The van der Waals surface area contributed by atoms with Crippen LogP contribution in [0.25, 0.3) is 0 Å². The van der Waals surface area contributed by atoms with E-state index in [1.807, 2.05) is 0 Å². The van der Waals surface area contributed by atoms with Crippen LogP contribution < -0.4 is 14.7 Å². The first-order valence-corrected chi connectivity index (χ1v) is 5.80. The average Bonchev–Trinajstić information content (AvgIpc) is 1.85. The van der Waals surface area contributed by atoms with Gasteiger partial charge >= 0.3 is 19.5 Å². The zero-order valence-electron chi connectivity index (χ0n) is 7.62. The number of rotatable bonds is 6. The maximum atomic E-state index is 10.1. The summed E-state index contributed by atoms with van der Waals surface area (Å²) in [7, 11) is -4.21. The number of hydrogen-bond donors (Lipinski definition) is 0. The molecule has 0 spiro atoms. The molecule has 0 aliphatic heterocycles. The van der Waals surface area contributed by atoms with Crippen molar-refractivity contribution in [3.8, 4) is 0 Å². The van der Waals surface area contributed by atoms with Crippen LogP contribution in [0.1, 0.15) is 39.0 Å². The Kier molecular flexibility index (Phi) is 10.9. The van der Waals surface area contributed by atoms with Crippen LogP contribution >= 0.6 is 7.94 Å². The third-order valence-corrected chi connectivity index (χ3v) is 2.40. The summed E-state index contributed by atoms with van der Waals surface area (Å²) in [5.74, 6) is 0. The van der Waals surface area contributed by atoms with E-state index in [0.29, 0.717) is 6.42 Å². The van der Waals surface area contributed by atoms with Gasteiger partial charge < -0.3 is 14.7 Å². The first-order valence-electron chi connectivity index (χ1n) is 4.07. The van der Waals surface area contributed by atoms with Crippen molar-refractivity contribution < 1.29 is 34.2 Å². The van der Waals surface area contributed by atoms with Gasteiger partial charge in [0.05, 0.1) is 0 Å². The van der Waals surface area contributed by atoms with E-state index in [1.54, 1.807) is 0 Å². The van der Waals surface area contributed by atoms with Crippen LogP contribution in [0.2, 0.25) is 0 Å². The fraction of sp³-hybridized carbons (Fsp3) is 1.00. The van der Waals surface area contributed by atoms with Gasteiger partial charge in [-0.15, -0.1) is 0 Å². The topological polar surface area (TPSA) is 69.2 Å². The minimum absolute atomic E-state index is 0. The zero-order chi connectivity index (χ0) is 8.74. The third-order valence-electron chi connectivity index (χ3n) is 1.54. The molecule has 0 aromatic heterocycles. The van der Waals surface area contributed by atoms with E-state index in [4.69, 9.17) is 0 Å². The molecule has 0 amide bonds. The molecule has 0 atom stereocenters. The van der Waals surface area contributed by atoms with E-state index in [-0.39, 0.29) is 25.6 Å². The van der Waals surface area contributed by atoms with Gasteiger partial charge in [0, 0.05) is 6.16 Å². The molecular weight excluding hydrogens is 228 g/mol. The summed E-state index contributed by atoms with van der Waals surface area (Å²) in [6.07, 6.45) is 4.52. The molecule has 12 heavy (non-hydrogen) atoms. The van der Waals surface area contributed by atoms with Gasteiger partial charge in [-0.2, -0.15) is 7.94 Å². The van der Waals surface area contributed by atoms with Crippen LogP contribution in [-0.2, 0) is 19.5 Å². The van der Waals surface area contributed by atoms with Gasteiger partial charge in [0.1, 0.15) is 0 Å². The summed E-state index contributed by atoms with van der Waals surface area (Å²) in [5, 5.41) is 0. The van der Waals surface area contributed by atoms with Crippen molar-refractivity contribution in [2.45, 2.75) is 39.0 Å². The predicted octanol–water partition coefficient (Wildman–Crippen LogP) is -0.202. The van der Waals surface area contributed by atoms with E-state index in [9.17, 15) is 14.7 Å². The second-order valence-corrected chi connectivity index (χ2v) is 4.42. The van der Waals surface area contributed by atoms with Crippen molar-refractivity contribution in [3.63, 3.8) is 0 Å². The average molecular weight is 244 g/mol. The maximum Gasteiger partial charge on any atom is 2.00 e. The molecule has 0 N–H and O–H groups in total. The summed E-state index contributed by atoms with van der Waals surface area (Å²) in [5.41, 5.74) is 0. The van der Waals surface area contributed by atoms with Crippen molar-refractivity contribution in [3.05, 3.63) is 0 Å². The van der Waals surface area contributed by atoms with Crippen molar-refractivity contribution in [1.82, 2.24) is 0 Å². The molecule has 0 aromatic carbocycles. The minimum Gasteiger partial charge on any atom is -0.688 e. The predicted molar refractivity (Wildman–Crippen MR) is 40.5 cm³/mol. The van der Waals surface area contributed by atoms with Gasteiger partial charge in [0.2, 0.25) is 0 Å². The first-order chi connectivity index (χ1) is 5.06. The smallest absolute Gasteiger partial charge is 0.688 e. The summed E-state index contributed by atoms with van der Waals surface area (Å²) in [6, 6.07) is 0. The van der Waals surface area contributed by atoms with Crippen LogP contribution in [-0.4, -0.2) is 6.16 Å². The second-order valence-electron chi connectivity index (χ2n) is 2.75. The Hall–Kier alpha value is 0.933. The van der Waals surface area contributed by atoms with Gasteiger partial charge in [-0.25, -0.2) is 0 Å². The summed E-state index contributed by atoms with van der Waals surface area (Å²) >= 11 is 0. The quantitative estimate of drug-likeness (QED) is 0.368. The van der Waals surface area contributed by atoms with Crippen molar-refractivity contribution in [2.24, 2.45) is 0 Å². The normalized spacial score (nSPS) is 11.0. The van der Waals surface area contributed by atoms with Gasteiger partial charge in [-0.1, -0.05) is 26.2 Å².